The van der Waals surface area contributed by atoms with Crippen molar-refractivity contribution in [1.29, 1.82) is 0 Å². The van der Waals surface area contributed by atoms with E-state index in [1.165, 1.54) is 11.1 Å². The van der Waals surface area contributed by atoms with Crippen LogP contribution in [0.3, 0.4) is 0 Å². The summed E-state index contributed by atoms with van der Waals surface area (Å²) in [6, 6.07) is 6.16. The molecule has 1 aromatic heterocycles. The van der Waals surface area contributed by atoms with Gasteiger partial charge in [-0.2, -0.15) is 0 Å². The number of hydrogen-bond acceptors (Lipinski definition) is 4. The molecule has 3 rings (SSSR count). The highest BCUT2D eigenvalue weighted by atomic mass is 16.5. The molecule has 4 heteroatoms. The van der Waals surface area contributed by atoms with Gasteiger partial charge in [-0.05, 0) is 37.1 Å². The molecule has 0 spiro atoms. The summed E-state index contributed by atoms with van der Waals surface area (Å²) in [6.45, 7) is 6.10. The summed E-state index contributed by atoms with van der Waals surface area (Å²) >= 11 is 0. The van der Waals surface area contributed by atoms with Crippen molar-refractivity contribution in [3.63, 3.8) is 0 Å². The maximum absolute atomic E-state index is 5.53. The maximum atomic E-state index is 5.53. The Morgan fingerprint density at radius 1 is 1.25 bits per heavy atom. The topological polar surface area (TPSA) is 47.0 Å². The number of nitrogens with one attached hydrogen (secondary N) is 1. The molecule has 2 heterocycles. The fourth-order valence-electron chi connectivity index (χ4n) is 2.60. The zero-order chi connectivity index (χ0) is 14.1. The highest BCUT2D eigenvalue weighted by Crippen LogP contribution is 2.33. The number of rotatable bonds is 3. The van der Waals surface area contributed by atoms with Crippen molar-refractivity contribution in [3.8, 4) is 17.0 Å². The summed E-state index contributed by atoms with van der Waals surface area (Å²) < 4.78 is 5.53. The molecule has 1 N–H and O–H groups in total. The summed E-state index contributed by atoms with van der Waals surface area (Å²) in [6.07, 6.45) is 1.84. The molecule has 2 aromatic rings. The molecule has 20 heavy (non-hydrogen) atoms. The normalized spacial score (nSPS) is 14.9. The van der Waals surface area contributed by atoms with E-state index in [2.05, 4.69) is 36.3 Å². The van der Waals surface area contributed by atoms with E-state index < -0.39 is 0 Å². The van der Waals surface area contributed by atoms with Gasteiger partial charge < -0.3 is 10.1 Å². The van der Waals surface area contributed by atoms with Crippen LogP contribution >= 0.6 is 0 Å². The van der Waals surface area contributed by atoms with Gasteiger partial charge in [-0.1, -0.05) is 6.07 Å². The molecule has 0 bridgehead atoms. The van der Waals surface area contributed by atoms with Gasteiger partial charge in [-0.25, -0.2) is 9.97 Å². The number of ether oxygens (including phenoxy) is 1. The first-order valence-corrected chi connectivity index (χ1v) is 6.88. The lowest BCUT2D eigenvalue weighted by molar-refractivity contribution is 0.415. The fraction of sp³-hybridized carbons (Fsp3) is 0.375. The molecule has 0 aliphatic carbocycles. The van der Waals surface area contributed by atoms with E-state index in [0.717, 1.165) is 35.9 Å². The number of methoxy groups -OCH3 is 1. The minimum Gasteiger partial charge on any atom is -0.496 e. The van der Waals surface area contributed by atoms with Crippen LogP contribution in [0, 0.1) is 13.8 Å². The van der Waals surface area contributed by atoms with Gasteiger partial charge >= 0.3 is 0 Å². The van der Waals surface area contributed by atoms with Gasteiger partial charge in [0.1, 0.15) is 11.6 Å². The van der Waals surface area contributed by atoms with E-state index in [9.17, 15) is 0 Å². The Morgan fingerprint density at radius 2 is 2.05 bits per heavy atom. The van der Waals surface area contributed by atoms with Crippen molar-refractivity contribution >= 4 is 0 Å². The summed E-state index contributed by atoms with van der Waals surface area (Å²) in [5.41, 5.74) is 4.38. The Morgan fingerprint density at radius 3 is 2.70 bits per heavy atom. The van der Waals surface area contributed by atoms with Crippen molar-refractivity contribution in [2.24, 2.45) is 0 Å². The average molecular weight is 269 g/mol. The van der Waals surface area contributed by atoms with Gasteiger partial charge in [0, 0.05) is 30.8 Å². The predicted octanol–water partition coefficient (Wildman–Crippen LogP) is 2.46. The maximum Gasteiger partial charge on any atom is 0.134 e. The van der Waals surface area contributed by atoms with E-state index in [1.54, 1.807) is 7.11 Å². The lowest BCUT2D eigenvalue weighted by atomic mass is 9.99. The molecule has 0 radical (unpaired) electrons. The largest absolute Gasteiger partial charge is 0.496 e. The Bertz CT molecular complexity index is 636. The fourth-order valence-corrected chi connectivity index (χ4v) is 2.60. The highest BCUT2D eigenvalue weighted by Gasteiger charge is 2.22. The van der Waals surface area contributed by atoms with Crippen LogP contribution in [-0.4, -0.2) is 30.2 Å². The molecular weight excluding hydrogens is 250 g/mol. The van der Waals surface area contributed by atoms with Gasteiger partial charge in [-0.15, -0.1) is 0 Å². The summed E-state index contributed by atoms with van der Waals surface area (Å²) in [5.74, 6) is 2.23. The number of hydrogen-bond donors (Lipinski definition) is 1. The predicted molar refractivity (Wildman–Crippen MR) is 79.1 cm³/mol. The van der Waals surface area contributed by atoms with E-state index in [0.29, 0.717) is 5.92 Å². The standard InChI is InChI=1S/C16H19N3O/c1-10-6-11(2)15(14(7-10)20-3)13-4-5-18-16(19-13)12-8-17-9-12/h4-7,12,17H,8-9H2,1-3H3. The first kappa shape index (κ1) is 13.1. The minimum atomic E-state index is 0.437. The zero-order valence-corrected chi connectivity index (χ0v) is 12.1. The van der Waals surface area contributed by atoms with Crippen molar-refractivity contribution in [2.45, 2.75) is 19.8 Å². The van der Waals surface area contributed by atoms with E-state index in [1.807, 2.05) is 12.3 Å². The number of nitrogens with zero attached hydrogens (tertiary/aromatic N) is 2. The van der Waals surface area contributed by atoms with Gasteiger partial charge in [0.25, 0.3) is 0 Å². The van der Waals surface area contributed by atoms with Gasteiger partial charge in [-0.3, -0.25) is 0 Å². The van der Waals surface area contributed by atoms with Gasteiger partial charge in [0.15, 0.2) is 0 Å². The molecule has 0 unspecified atom stereocenters. The van der Waals surface area contributed by atoms with Crippen molar-refractivity contribution in [1.82, 2.24) is 15.3 Å². The molecule has 0 amide bonds. The molecule has 1 aliphatic heterocycles. The van der Waals surface area contributed by atoms with Crippen molar-refractivity contribution < 1.29 is 4.74 Å². The quantitative estimate of drug-likeness (QED) is 0.929. The second-order valence-electron chi connectivity index (χ2n) is 5.31. The second kappa shape index (κ2) is 5.21. The lowest BCUT2D eigenvalue weighted by Gasteiger charge is -2.25. The minimum absolute atomic E-state index is 0.437. The molecule has 0 atom stereocenters. The van der Waals surface area contributed by atoms with Crippen LogP contribution in [0.1, 0.15) is 22.9 Å². The SMILES string of the molecule is COc1cc(C)cc(C)c1-c1ccnc(C2CNC2)n1. The van der Waals surface area contributed by atoms with Crippen LogP contribution in [0.2, 0.25) is 0 Å². The average Bonchev–Trinajstić information content (AvgIpc) is 2.36. The van der Waals surface area contributed by atoms with Gasteiger partial charge in [0.05, 0.1) is 12.8 Å². The van der Waals surface area contributed by atoms with Crippen LogP contribution < -0.4 is 10.1 Å². The number of benzene rings is 1. The Balaban J connectivity index is 2.08. The Hall–Kier alpha value is -1.94. The van der Waals surface area contributed by atoms with Crippen LogP contribution in [0.25, 0.3) is 11.3 Å². The molecular formula is C16H19N3O. The molecule has 1 saturated heterocycles. The summed E-state index contributed by atoms with van der Waals surface area (Å²) in [5, 5.41) is 3.26. The van der Waals surface area contributed by atoms with E-state index in [-0.39, 0.29) is 0 Å². The molecule has 1 aromatic carbocycles. The van der Waals surface area contributed by atoms with Crippen LogP contribution in [-0.2, 0) is 0 Å². The van der Waals surface area contributed by atoms with Crippen LogP contribution in [0.15, 0.2) is 24.4 Å². The van der Waals surface area contributed by atoms with Crippen molar-refractivity contribution in [2.75, 3.05) is 20.2 Å². The molecule has 104 valence electrons. The van der Waals surface area contributed by atoms with E-state index >= 15 is 0 Å². The Labute approximate surface area is 119 Å². The smallest absolute Gasteiger partial charge is 0.134 e. The number of aryl methyl sites for hydroxylation is 2. The molecule has 1 fully saturated rings. The molecule has 0 saturated carbocycles. The summed E-state index contributed by atoms with van der Waals surface area (Å²) in [4.78, 5) is 9.13. The first-order valence-electron chi connectivity index (χ1n) is 6.88. The highest BCUT2D eigenvalue weighted by molar-refractivity contribution is 5.71. The zero-order valence-electron chi connectivity index (χ0n) is 12.1. The summed E-state index contributed by atoms with van der Waals surface area (Å²) in [7, 11) is 1.70. The number of aromatic nitrogens is 2. The second-order valence-corrected chi connectivity index (χ2v) is 5.31. The van der Waals surface area contributed by atoms with E-state index in [4.69, 9.17) is 9.72 Å². The van der Waals surface area contributed by atoms with Crippen LogP contribution in [0.5, 0.6) is 5.75 Å². The third-order valence-electron chi connectivity index (χ3n) is 3.74. The lowest BCUT2D eigenvalue weighted by Crippen LogP contribution is -2.40. The van der Waals surface area contributed by atoms with Gasteiger partial charge in [0.2, 0.25) is 0 Å². The monoisotopic (exact) mass is 269 g/mol. The van der Waals surface area contributed by atoms with Crippen molar-refractivity contribution in [3.05, 3.63) is 41.3 Å². The third-order valence-corrected chi connectivity index (χ3v) is 3.74. The molecule has 4 nitrogen and oxygen atoms in total. The Kier molecular flexibility index (Phi) is 3.40. The molecule has 1 aliphatic rings. The first-order chi connectivity index (χ1) is 9.69. The third kappa shape index (κ3) is 2.27. The van der Waals surface area contributed by atoms with Crippen LogP contribution in [0.4, 0.5) is 0 Å².